The van der Waals surface area contributed by atoms with Crippen LogP contribution in [-0.4, -0.2) is 16.3 Å². The van der Waals surface area contributed by atoms with Crippen LogP contribution in [0.3, 0.4) is 0 Å². The fourth-order valence-electron chi connectivity index (χ4n) is 2.86. The van der Waals surface area contributed by atoms with Gasteiger partial charge in [0.15, 0.2) is 0 Å². The Morgan fingerprint density at radius 3 is 2.47 bits per heavy atom. The number of aromatic nitrogens is 2. The van der Waals surface area contributed by atoms with E-state index in [4.69, 9.17) is 0 Å². The molecule has 17 heavy (non-hydrogen) atoms. The molecule has 94 valence electrons. The molecule has 0 aliphatic heterocycles. The van der Waals surface area contributed by atoms with Crippen LogP contribution in [0.1, 0.15) is 44.2 Å². The zero-order valence-corrected chi connectivity index (χ0v) is 10.9. The normalized spacial score (nSPS) is 22.1. The third-order valence-corrected chi connectivity index (χ3v) is 4.34. The highest BCUT2D eigenvalue weighted by atomic mass is 15.2. The maximum Gasteiger partial charge on any atom is 0.0537 e. The maximum atomic E-state index is 4.24. The summed E-state index contributed by atoms with van der Waals surface area (Å²) in [5.41, 5.74) is 1.30. The summed E-state index contributed by atoms with van der Waals surface area (Å²) in [5.74, 6) is 3.03. The van der Waals surface area contributed by atoms with Gasteiger partial charge in [-0.3, -0.25) is 4.68 Å². The fourth-order valence-corrected chi connectivity index (χ4v) is 2.86. The van der Waals surface area contributed by atoms with E-state index in [0.29, 0.717) is 6.04 Å². The molecule has 1 unspecified atom stereocenters. The molecular formula is C14H23N3. The minimum absolute atomic E-state index is 0.434. The largest absolute Gasteiger partial charge is 0.310 e. The Morgan fingerprint density at radius 1 is 1.35 bits per heavy atom. The summed E-state index contributed by atoms with van der Waals surface area (Å²) < 4.78 is 1.88. The van der Waals surface area contributed by atoms with Crippen LogP contribution in [0.4, 0.5) is 0 Å². The van der Waals surface area contributed by atoms with Gasteiger partial charge in [0.2, 0.25) is 0 Å². The Bertz CT molecular complexity index is 365. The smallest absolute Gasteiger partial charge is 0.0537 e. The number of rotatable bonds is 6. The van der Waals surface area contributed by atoms with Gasteiger partial charge in [-0.25, -0.2) is 0 Å². The summed E-state index contributed by atoms with van der Waals surface area (Å²) >= 11 is 0. The van der Waals surface area contributed by atoms with Crippen molar-refractivity contribution >= 4 is 0 Å². The van der Waals surface area contributed by atoms with Gasteiger partial charge in [0.25, 0.3) is 0 Å². The summed E-state index contributed by atoms with van der Waals surface area (Å²) in [4.78, 5) is 0. The van der Waals surface area contributed by atoms with Crippen molar-refractivity contribution in [2.45, 2.75) is 38.6 Å². The van der Waals surface area contributed by atoms with E-state index in [0.717, 1.165) is 17.8 Å². The van der Waals surface area contributed by atoms with E-state index >= 15 is 0 Å². The molecule has 2 aliphatic rings. The lowest BCUT2D eigenvalue weighted by atomic mass is 9.97. The minimum Gasteiger partial charge on any atom is -0.310 e. The molecule has 0 amide bonds. The number of nitrogens with zero attached hydrogens (tertiary/aromatic N) is 2. The lowest BCUT2D eigenvalue weighted by Gasteiger charge is -2.19. The third-order valence-electron chi connectivity index (χ3n) is 4.34. The lowest BCUT2D eigenvalue weighted by Crippen LogP contribution is -2.27. The molecule has 1 atom stereocenters. The summed E-state index contributed by atoms with van der Waals surface area (Å²) in [6.45, 7) is 3.44. The van der Waals surface area contributed by atoms with Gasteiger partial charge in [0.1, 0.15) is 0 Å². The number of hydrogen-bond donors (Lipinski definition) is 1. The summed E-state index contributed by atoms with van der Waals surface area (Å²) in [6.07, 6.45) is 9.99. The van der Waals surface area contributed by atoms with Crippen molar-refractivity contribution in [3.63, 3.8) is 0 Å². The first-order valence-corrected chi connectivity index (χ1v) is 6.96. The third kappa shape index (κ3) is 2.71. The summed E-state index contributed by atoms with van der Waals surface area (Å²) in [6, 6.07) is 0.434. The molecule has 2 aliphatic carbocycles. The van der Waals surface area contributed by atoms with E-state index in [1.54, 1.807) is 0 Å². The van der Waals surface area contributed by atoms with E-state index in [-0.39, 0.29) is 0 Å². The van der Waals surface area contributed by atoms with Crippen LogP contribution in [0.15, 0.2) is 12.4 Å². The molecular weight excluding hydrogens is 210 g/mol. The summed E-state index contributed by atoms with van der Waals surface area (Å²) in [5, 5.41) is 7.94. The van der Waals surface area contributed by atoms with Gasteiger partial charge in [-0.2, -0.15) is 5.10 Å². The van der Waals surface area contributed by atoms with E-state index in [2.05, 4.69) is 23.5 Å². The quantitative estimate of drug-likeness (QED) is 0.818. The van der Waals surface area contributed by atoms with Crippen molar-refractivity contribution < 1.29 is 0 Å². The van der Waals surface area contributed by atoms with Crippen molar-refractivity contribution in [2.24, 2.45) is 24.8 Å². The molecule has 1 N–H and O–H groups in total. The van der Waals surface area contributed by atoms with Gasteiger partial charge >= 0.3 is 0 Å². The van der Waals surface area contributed by atoms with Crippen molar-refractivity contribution in [1.29, 1.82) is 0 Å². The zero-order chi connectivity index (χ0) is 11.8. The Labute approximate surface area is 104 Å². The lowest BCUT2D eigenvalue weighted by molar-refractivity contribution is 0.362. The van der Waals surface area contributed by atoms with E-state index in [9.17, 15) is 0 Å². The SMILES string of the molecule is CC(NCC(C1CC1)C1CC1)c1cnn(C)c1. The van der Waals surface area contributed by atoms with Crippen LogP contribution in [0.25, 0.3) is 0 Å². The Morgan fingerprint density at radius 2 is 2.00 bits per heavy atom. The highest BCUT2D eigenvalue weighted by Crippen LogP contribution is 2.48. The zero-order valence-electron chi connectivity index (χ0n) is 10.9. The Balaban J connectivity index is 1.52. The fraction of sp³-hybridized carbons (Fsp3) is 0.786. The van der Waals surface area contributed by atoms with Crippen molar-refractivity contribution in [2.75, 3.05) is 6.54 Å². The van der Waals surface area contributed by atoms with Gasteiger partial charge in [-0.15, -0.1) is 0 Å². The van der Waals surface area contributed by atoms with Gasteiger partial charge in [0.05, 0.1) is 6.20 Å². The van der Waals surface area contributed by atoms with Crippen LogP contribution in [0.5, 0.6) is 0 Å². The van der Waals surface area contributed by atoms with Crippen LogP contribution < -0.4 is 5.32 Å². The molecule has 0 bridgehead atoms. The average Bonchev–Trinajstić information content (AvgIpc) is 3.20. The van der Waals surface area contributed by atoms with E-state index in [1.807, 2.05) is 17.9 Å². The summed E-state index contributed by atoms with van der Waals surface area (Å²) in [7, 11) is 1.98. The number of hydrogen-bond acceptors (Lipinski definition) is 2. The molecule has 0 aromatic carbocycles. The highest BCUT2D eigenvalue weighted by molar-refractivity contribution is 5.09. The first kappa shape index (κ1) is 11.3. The molecule has 0 saturated heterocycles. The Kier molecular flexibility index (Phi) is 2.95. The predicted octanol–water partition coefficient (Wildman–Crippen LogP) is 2.51. The molecule has 0 spiro atoms. The monoisotopic (exact) mass is 233 g/mol. The predicted molar refractivity (Wildman–Crippen MR) is 68.6 cm³/mol. The second kappa shape index (κ2) is 4.45. The van der Waals surface area contributed by atoms with Gasteiger partial charge < -0.3 is 5.32 Å². The number of aryl methyl sites for hydroxylation is 1. The van der Waals surface area contributed by atoms with Crippen LogP contribution in [0.2, 0.25) is 0 Å². The van der Waals surface area contributed by atoms with Gasteiger partial charge in [-0.05, 0) is 56.9 Å². The van der Waals surface area contributed by atoms with Crippen LogP contribution in [0, 0.1) is 17.8 Å². The van der Waals surface area contributed by atoms with Crippen LogP contribution >= 0.6 is 0 Å². The average molecular weight is 233 g/mol. The second-order valence-electron chi connectivity index (χ2n) is 5.92. The highest BCUT2D eigenvalue weighted by Gasteiger charge is 2.41. The molecule has 3 rings (SSSR count). The van der Waals surface area contributed by atoms with E-state index < -0.39 is 0 Å². The second-order valence-corrected chi connectivity index (χ2v) is 5.92. The molecule has 1 heterocycles. The van der Waals surface area contributed by atoms with Gasteiger partial charge in [0, 0.05) is 24.8 Å². The molecule has 0 radical (unpaired) electrons. The molecule has 2 saturated carbocycles. The van der Waals surface area contributed by atoms with Crippen molar-refractivity contribution in [3.8, 4) is 0 Å². The standard InChI is InChI=1S/C14H23N3/c1-10(13-7-16-17(2)9-13)15-8-14(11-3-4-11)12-5-6-12/h7,9-12,14-15H,3-6,8H2,1-2H3. The first-order valence-electron chi connectivity index (χ1n) is 6.96. The van der Waals surface area contributed by atoms with Crippen molar-refractivity contribution in [1.82, 2.24) is 15.1 Å². The molecule has 3 heteroatoms. The van der Waals surface area contributed by atoms with Crippen molar-refractivity contribution in [3.05, 3.63) is 18.0 Å². The first-order chi connectivity index (χ1) is 8.24. The van der Waals surface area contributed by atoms with E-state index in [1.165, 1.54) is 37.8 Å². The van der Waals surface area contributed by atoms with Gasteiger partial charge in [-0.1, -0.05) is 0 Å². The van der Waals surface area contributed by atoms with Crippen LogP contribution in [-0.2, 0) is 7.05 Å². The maximum absolute atomic E-state index is 4.24. The topological polar surface area (TPSA) is 29.9 Å². The minimum atomic E-state index is 0.434. The molecule has 1 aromatic heterocycles. The number of nitrogens with one attached hydrogen (secondary N) is 1. The Hall–Kier alpha value is -0.830. The molecule has 1 aromatic rings. The molecule has 2 fully saturated rings. The molecule has 3 nitrogen and oxygen atoms in total.